The highest BCUT2D eigenvalue weighted by Gasteiger charge is 2.18. The fraction of sp³-hybridized carbons (Fsp3) is 0.562. The Morgan fingerprint density at radius 2 is 2.05 bits per heavy atom. The van der Waals surface area contributed by atoms with Gasteiger partial charge < -0.3 is 9.64 Å². The second kappa shape index (κ2) is 6.45. The molecule has 114 valence electrons. The summed E-state index contributed by atoms with van der Waals surface area (Å²) in [5.74, 6) is 0.726. The van der Waals surface area contributed by atoms with E-state index in [1.165, 1.54) is 28.9 Å². The molecule has 1 fully saturated rings. The van der Waals surface area contributed by atoms with Gasteiger partial charge in [0.2, 0.25) is 0 Å². The Morgan fingerprint density at radius 3 is 2.86 bits per heavy atom. The van der Waals surface area contributed by atoms with Crippen molar-refractivity contribution in [1.29, 1.82) is 0 Å². The van der Waals surface area contributed by atoms with E-state index in [4.69, 9.17) is 4.74 Å². The van der Waals surface area contributed by atoms with E-state index in [-0.39, 0.29) is 12.5 Å². The number of nitrogens with one attached hydrogen (secondary N) is 2. The maximum Gasteiger partial charge on any atom is 0.272 e. The van der Waals surface area contributed by atoms with Crippen LogP contribution in [0.5, 0.6) is 5.75 Å². The number of quaternary nitrogens is 1. The van der Waals surface area contributed by atoms with Crippen LogP contribution < -0.4 is 15.1 Å². The first kappa shape index (κ1) is 14.4. The number of carbonyl (C=O) groups is 1. The molecule has 0 bridgehead atoms. The molecule has 3 rings (SSSR count). The molecule has 1 amide bonds. The Morgan fingerprint density at radius 1 is 1.29 bits per heavy atom. The zero-order valence-electron chi connectivity index (χ0n) is 12.7. The summed E-state index contributed by atoms with van der Waals surface area (Å²) < 4.78 is 5.61. The zero-order valence-corrected chi connectivity index (χ0v) is 12.7. The summed E-state index contributed by atoms with van der Waals surface area (Å²) in [7, 11) is 2.18. The smallest absolute Gasteiger partial charge is 0.272 e. The zero-order chi connectivity index (χ0) is 14.7. The maximum absolute atomic E-state index is 11.9. The van der Waals surface area contributed by atoms with Gasteiger partial charge in [-0.2, -0.15) is 0 Å². The van der Waals surface area contributed by atoms with Gasteiger partial charge in [-0.25, -0.2) is 5.01 Å². The van der Waals surface area contributed by atoms with Crippen molar-refractivity contribution in [2.75, 3.05) is 39.8 Å². The van der Waals surface area contributed by atoms with E-state index >= 15 is 0 Å². The third-order valence-electron chi connectivity index (χ3n) is 4.34. The normalized spacial score (nSPS) is 19.3. The molecule has 1 aliphatic heterocycles. The molecule has 5 heteroatoms. The number of hydrazine groups is 1. The first-order valence-electron chi connectivity index (χ1n) is 7.81. The monoisotopic (exact) mass is 290 g/mol. The Bertz CT molecular complexity index is 510. The molecular formula is C16H24N3O2+. The number of hydrogen-bond acceptors (Lipinski definition) is 3. The lowest BCUT2D eigenvalue weighted by Gasteiger charge is -2.30. The van der Waals surface area contributed by atoms with E-state index in [1.807, 2.05) is 11.1 Å². The van der Waals surface area contributed by atoms with Gasteiger partial charge in [-0.15, -0.1) is 0 Å². The average Bonchev–Trinajstić information content (AvgIpc) is 2.95. The molecule has 0 atom stereocenters. The van der Waals surface area contributed by atoms with Crippen molar-refractivity contribution in [3.05, 3.63) is 29.3 Å². The molecule has 1 heterocycles. The van der Waals surface area contributed by atoms with Crippen LogP contribution in [0.1, 0.15) is 17.5 Å². The lowest BCUT2D eigenvalue weighted by molar-refractivity contribution is -0.884. The summed E-state index contributed by atoms with van der Waals surface area (Å²) in [6.45, 7) is 4.00. The number of likely N-dealkylation sites (N-methyl/N-ethyl adjacent to an activating group) is 1. The van der Waals surface area contributed by atoms with E-state index in [0.717, 1.165) is 38.3 Å². The lowest BCUT2D eigenvalue weighted by Crippen LogP contribution is -3.12. The van der Waals surface area contributed by atoms with Gasteiger partial charge in [0, 0.05) is 0 Å². The van der Waals surface area contributed by atoms with Crippen LogP contribution in [0.3, 0.4) is 0 Å². The van der Waals surface area contributed by atoms with Crippen LogP contribution in [-0.4, -0.2) is 50.7 Å². The Kier molecular flexibility index (Phi) is 4.41. The number of hydrogen-bond donors (Lipinski definition) is 2. The first-order chi connectivity index (χ1) is 10.2. The van der Waals surface area contributed by atoms with Crippen LogP contribution >= 0.6 is 0 Å². The van der Waals surface area contributed by atoms with Crippen LogP contribution in [0.4, 0.5) is 0 Å². The fourth-order valence-electron chi connectivity index (χ4n) is 3.00. The standard InChI is InChI=1S/C16H23N3O2/c1-18-7-9-19(10-8-18)17-16(20)12-21-15-6-5-13-3-2-4-14(13)11-15/h5-6,11H,2-4,7-10,12H2,1H3,(H,17,20)/p+1. The number of rotatable bonds is 4. The molecule has 21 heavy (non-hydrogen) atoms. The SMILES string of the molecule is C[NH+]1CCN(NC(=O)COc2ccc3c(c2)CCC3)CC1. The molecule has 0 radical (unpaired) electrons. The summed E-state index contributed by atoms with van der Waals surface area (Å²) in [6.07, 6.45) is 3.52. The van der Waals surface area contributed by atoms with Gasteiger partial charge in [0.15, 0.2) is 6.61 Å². The molecular weight excluding hydrogens is 266 g/mol. The Hall–Kier alpha value is -1.59. The Balaban J connectivity index is 1.45. The van der Waals surface area contributed by atoms with Crippen molar-refractivity contribution in [2.24, 2.45) is 0 Å². The van der Waals surface area contributed by atoms with Gasteiger partial charge in [0.1, 0.15) is 5.75 Å². The molecule has 2 N–H and O–H groups in total. The molecule has 0 unspecified atom stereocenters. The van der Waals surface area contributed by atoms with E-state index in [9.17, 15) is 4.79 Å². The molecule has 1 saturated heterocycles. The van der Waals surface area contributed by atoms with Gasteiger partial charge in [0.25, 0.3) is 5.91 Å². The summed E-state index contributed by atoms with van der Waals surface area (Å²) in [5.41, 5.74) is 5.71. The number of nitrogens with zero attached hydrogens (tertiary/aromatic N) is 1. The molecule has 1 aromatic carbocycles. The third kappa shape index (κ3) is 3.74. The molecule has 5 nitrogen and oxygen atoms in total. The second-order valence-electron chi connectivity index (χ2n) is 6.05. The van der Waals surface area contributed by atoms with Crippen molar-refractivity contribution < 1.29 is 14.4 Å². The number of carbonyl (C=O) groups excluding carboxylic acids is 1. The van der Waals surface area contributed by atoms with Crippen molar-refractivity contribution in [3.63, 3.8) is 0 Å². The van der Waals surface area contributed by atoms with Crippen LogP contribution in [0, 0.1) is 0 Å². The van der Waals surface area contributed by atoms with Gasteiger partial charge >= 0.3 is 0 Å². The minimum atomic E-state index is -0.0740. The first-order valence-corrected chi connectivity index (χ1v) is 7.81. The number of aryl methyl sites for hydroxylation is 2. The molecule has 1 aromatic rings. The highest BCUT2D eigenvalue weighted by molar-refractivity contribution is 5.77. The Labute approximate surface area is 125 Å². The van der Waals surface area contributed by atoms with E-state index in [0.29, 0.717) is 0 Å². The van der Waals surface area contributed by atoms with E-state index in [1.54, 1.807) is 0 Å². The quantitative estimate of drug-likeness (QED) is 0.780. The third-order valence-corrected chi connectivity index (χ3v) is 4.34. The highest BCUT2D eigenvalue weighted by atomic mass is 16.5. The molecule has 0 saturated carbocycles. The van der Waals surface area contributed by atoms with Crippen LogP contribution in [-0.2, 0) is 17.6 Å². The minimum Gasteiger partial charge on any atom is -0.484 e. The van der Waals surface area contributed by atoms with Crippen molar-refractivity contribution >= 4 is 5.91 Å². The van der Waals surface area contributed by atoms with Crippen molar-refractivity contribution in [3.8, 4) is 5.75 Å². The topological polar surface area (TPSA) is 46.0 Å². The summed E-state index contributed by atoms with van der Waals surface area (Å²) >= 11 is 0. The number of benzene rings is 1. The number of amides is 1. The van der Waals surface area contributed by atoms with E-state index < -0.39 is 0 Å². The van der Waals surface area contributed by atoms with Gasteiger partial charge in [0.05, 0.1) is 33.2 Å². The van der Waals surface area contributed by atoms with Crippen molar-refractivity contribution in [2.45, 2.75) is 19.3 Å². The highest BCUT2D eigenvalue weighted by Crippen LogP contribution is 2.25. The molecule has 0 aromatic heterocycles. The maximum atomic E-state index is 11.9. The number of ether oxygens (including phenoxy) is 1. The van der Waals surface area contributed by atoms with Crippen molar-refractivity contribution in [1.82, 2.24) is 10.4 Å². The fourth-order valence-corrected chi connectivity index (χ4v) is 3.00. The van der Waals surface area contributed by atoms with E-state index in [2.05, 4.69) is 24.6 Å². The molecule has 1 aliphatic carbocycles. The van der Waals surface area contributed by atoms with Crippen LogP contribution in [0.2, 0.25) is 0 Å². The van der Waals surface area contributed by atoms with Gasteiger partial charge in [-0.05, 0) is 42.5 Å². The van der Waals surface area contributed by atoms with Crippen LogP contribution in [0.25, 0.3) is 0 Å². The lowest BCUT2D eigenvalue weighted by atomic mass is 10.1. The summed E-state index contributed by atoms with van der Waals surface area (Å²) in [5, 5.41) is 1.99. The molecule has 0 spiro atoms. The number of fused-ring (bicyclic) bond motifs is 1. The molecule has 2 aliphatic rings. The summed E-state index contributed by atoms with van der Waals surface area (Å²) in [4.78, 5) is 13.4. The van der Waals surface area contributed by atoms with Gasteiger partial charge in [-0.1, -0.05) is 6.07 Å². The largest absolute Gasteiger partial charge is 0.484 e. The predicted octanol–water partition coefficient (Wildman–Crippen LogP) is -0.584. The minimum absolute atomic E-state index is 0.0740. The van der Waals surface area contributed by atoms with Crippen LogP contribution in [0.15, 0.2) is 18.2 Å². The average molecular weight is 290 g/mol. The van der Waals surface area contributed by atoms with Gasteiger partial charge in [-0.3, -0.25) is 10.2 Å². The second-order valence-corrected chi connectivity index (χ2v) is 6.05. The predicted molar refractivity (Wildman–Crippen MR) is 80.3 cm³/mol. The number of piperazine rings is 1. The summed E-state index contributed by atoms with van der Waals surface area (Å²) in [6, 6.07) is 6.17.